The highest BCUT2D eigenvalue weighted by atomic mass is 79.9. The molecule has 2 nitrogen and oxygen atoms in total. The monoisotopic (exact) mass is 322 g/mol. The predicted octanol–water partition coefficient (Wildman–Crippen LogP) is 4.75. The number of Topliss-reactive ketones (excluding diaryl/α,β-unsaturated/α-hetero) is 1. The molecule has 1 saturated carbocycles. The Morgan fingerprint density at radius 3 is 2.53 bits per heavy atom. The first kappa shape index (κ1) is 13.2. The summed E-state index contributed by atoms with van der Waals surface area (Å²) in [6, 6.07) is 5.73. The Bertz CT molecular complexity index is 524. The zero-order chi connectivity index (χ0) is 13.7. The number of ether oxygens (including phenoxy) is 1. The van der Waals surface area contributed by atoms with Crippen molar-refractivity contribution in [3.63, 3.8) is 0 Å². The highest BCUT2D eigenvalue weighted by Crippen LogP contribution is 2.47. The number of rotatable bonds is 0. The molecule has 1 heterocycles. The molecule has 0 atom stereocenters. The first-order valence-corrected chi connectivity index (χ1v) is 7.70. The van der Waals surface area contributed by atoms with Gasteiger partial charge >= 0.3 is 0 Å². The SMILES string of the molecule is CC1(C)CCC2(CC1)CC(=O)c1cc(Br)ccc1O2. The van der Waals surface area contributed by atoms with Gasteiger partial charge in [-0.3, -0.25) is 4.79 Å². The fourth-order valence-corrected chi connectivity index (χ4v) is 3.49. The minimum absolute atomic E-state index is 0.224. The second kappa shape index (κ2) is 4.34. The van der Waals surface area contributed by atoms with Gasteiger partial charge in [0.2, 0.25) is 0 Å². The molecule has 1 fully saturated rings. The van der Waals surface area contributed by atoms with Crippen molar-refractivity contribution < 1.29 is 9.53 Å². The van der Waals surface area contributed by atoms with E-state index in [0.29, 0.717) is 11.8 Å². The average molecular weight is 323 g/mol. The largest absolute Gasteiger partial charge is 0.486 e. The zero-order valence-electron chi connectivity index (χ0n) is 11.5. The van der Waals surface area contributed by atoms with E-state index in [0.717, 1.165) is 41.5 Å². The van der Waals surface area contributed by atoms with Crippen LogP contribution < -0.4 is 4.74 Å². The predicted molar refractivity (Wildman–Crippen MR) is 78.7 cm³/mol. The molecule has 0 radical (unpaired) electrons. The summed E-state index contributed by atoms with van der Waals surface area (Å²) in [7, 11) is 0. The standard InChI is InChI=1S/C16H19BrO2/c1-15(2)5-7-16(8-6-15)10-13(18)12-9-11(17)3-4-14(12)19-16/h3-4,9H,5-8,10H2,1-2H3. The molecule has 3 heteroatoms. The fourth-order valence-electron chi connectivity index (χ4n) is 3.13. The molecule has 2 aliphatic rings. The van der Waals surface area contributed by atoms with Gasteiger partial charge in [-0.25, -0.2) is 0 Å². The van der Waals surface area contributed by atoms with Crippen LogP contribution >= 0.6 is 15.9 Å². The number of hydrogen-bond acceptors (Lipinski definition) is 2. The lowest BCUT2D eigenvalue weighted by atomic mass is 9.68. The lowest BCUT2D eigenvalue weighted by Crippen LogP contribution is -2.46. The molecule has 0 unspecified atom stereocenters. The lowest BCUT2D eigenvalue weighted by molar-refractivity contribution is -0.0130. The third-order valence-electron chi connectivity index (χ3n) is 4.57. The molecule has 3 rings (SSSR count). The Morgan fingerprint density at radius 1 is 1.16 bits per heavy atom. The van der Waals surface area contributed by atoms with Crippen LogP contribution in [0, 0.1) is 5.41 Å². The molecule has 1 aliphatic heterocycles. The van der Waals surface area contributed by atoms with Crippen molar-refractivity contribution in [2.45, 2.75) is 51.6 Å². The summed E-state index contributed by atoms with van der Waals surface area (Å²) >= 11 is 3.41. The summed E-state index contributed by atoms with van der Waals surface area (Å²) in [5, 5.41) is 0. The molecular formula is C16H19BrO2. The number of benzene rings is 1. The zero-order valence-corrected chi connectivity index (χ0v) is 13.0. The van der Waals surface area contributed by atoms with E-state index < -0.39 is 0 Å². The van der Waals surface area contributed by atoms with Gasteiger partial charge in [-0.05, 0) is 49.3 Å². The summed E-state index contributed by atoms with van der Waals surface area (Å²) < 4.78 is 7.17. The third kappa shape index (κ3) is 2.45. The second-order valence-corrected chi connectivity index (χ2v) is 7.61. The van der Waals surface area contributed by atoms with E-state index in [1.54, 1.807) is 0 Å². The summed E-state index contributed by atoms with van der Waals surface area (Å²) in [6.45, 7) is 4.60. The van der Waals surface area contributed by atoms with E-state index in [1.807, 2.05) is 18.2 Å². The Balaban J connectivity index is 1.89. The summed E-state index contributed by atoms with van der Waals surface area (Å²) in [6.07, 6.45) is 4.77. The molecular weight excluding hydrogens is 304 g/mol. The van der Waals surface area contributed by atoms with Crippen LogP contribution in [0.4, 0.5) is 0 Å². The van der Waals surface area contributed by atoms with Crippen LogP contribution in [0.25, 0.3) is 0 Å². The van der Waals surface area contributed by atoms with E-state index in [9.17, 15) is 4.79 Å². The van der Waals surface area contributed by atoms with Crippen molar-refractivity contribution in [3.05, 3.63) is 28.2 Å². The molecule has 0 amide bonds. The van der Waals surface area contributed by atoms with Gasteiger partial charge < -0.3 is 4.74 Å². The van der Waals surface area contributed by atoms with Gasteiger partial charge in [-0.2, -0.15) is 0 Å². The van der Waals surface area contributed by atoms with Crippen molar-refractivity contribution >= 4 is 21.7 Å². The number of fused-ring (bicyclic) bond motifs is 1. The highest BCUT2D eigenvalue weighted by molar-refractivity contribution is 9.10. The van der Waals surface area contributed by atoms with Crippen LogP contribution in [0.5, 0.6) is 5.75 Å². The number of carbonyl (C=O) groups excluding carboxylic acids is 1. The maximum atomic E-state index is 12.4. The normalized spacial score (nSPS) is 23.8. The first-order chi connectivity index (χ1) is 8.89. The van der Waals surface area contributed by atoms with Crippen molar-refractivity contribution in [1.82, 2.24) is 0 Å². The van der Waals surface area contributed by atoms with Crippen LogP contribution in [0.2, 0.25) is 0 Å². The van der Waals surface area contributed by atoms with Crippen molar-refractivity contribution in [2.75, 3.05) is 0 Å². The molecule has 102 valence electrons. The second-order valence-electron chi connectivity index (χ2n) is 6.69. The lowest BCUT2D eigenvalue weighted by Gasteiger charge is -2.45. The van der Waals surface area contributed by atoms with Crippen LogP contribution in [0.1, 0.15) is 56.3 Å². The molecule has 1 aliphatic carbocycles. The maximum Gasteiger partial charge on any atom is 0.170 e. The smallest absolute Gasteiger partial charge is 0.170 e. The van der Waals surface area contributed by atoms with E-state index in [2.05, 4.69) is 29.8 Å². The van der Waals surface area contributed by atoms with Crippen LogP contribution in [-0.2, 0) is 0 Å². The Labute approximate surface area is 122 Å². The highest BCUT2D eigenvalue weighted by Gasteiger charge is 2.44. The minimum atomic E-state index is -0.243. The Morgan fingerprint density at radius 2 is 1.84 bits per heavy atom. The van der Waals surface area contributed by atoms with Gasteiger partial charge in [-0.1, -0.05) is 29.8 Å². The van der Waals surface area contributed by atoms with E-state index >= 15 is 0 Å². The Hall–Kier alpha value is -0.830. The van der Waals surface area contributed by atoms with Gasteiger partial charge in [0.05, 0.1) is 12.0 Å². The third-order valence-corrected chi connectivity index (χ3v) is 5.06. The van der Waals surface area contributed by atoms with Crippen molar-refractivity contribution in [3.8, 4) is 5.75 Å². The van der Waals surface area contributed by atoms with Crippen LogP contribution in [0.15, 0.2) is 22.7 Å². The number of carbonyl (C=O) groups is 1. The van der Waals surface area contributed by atoms with Gasteiger partial charge in [0.1, 0.15) is 11.4 Å². The van der Waals surface area contributed by atoms with E-state index in [4.69, 9.17) is 4.74 Å². The average Bonchev–Trinajstić information content (AvgIpc) is 2.35. The van der Waals surface area contributed by atoms with E-state index in [-0.39, 0.29) is 11.4 Å². The molecule has 0 N–H and O–H groups in total. The van der Waals surface area contributed by atoms with Crippen molar-refractivity contribution in [1.29, 1.82) is 0 Å². The van der Waals surface area contributed by atoms with Gasteiger partial charge in [0, 0.05) is 4.47 Å². The fraction of sp³-hybridized carbons (Fsp3) is 0.562. The van der Waals surface area contributed by atoms with Gasteiger partial charge in [0.25, 0.3) is 0 Å². The molecule has 0 aromatic heterocycles. The number of ketones is 1. The molecule has 1 aromatic carbocycles. The van der Waals surface area contributed by atoms with Crippen LogP contribution in [0.3, 0.4) is 0 Å². The van der Waals surface area contributed by atoms with Gasteiger partial charge in [0.15, 0.2) is 5.78 Å². The molecule has 0 saturated heterocycles. The number of hydrogen-bond donors (Lipinski definition) is 0. The van der Waals surface area contributed by atoms with Crippen molar-refractivity contribution in [2.24, 2.45) is 5.41 Å². The van der Waals surface area contributed by atoms with Crippen LogP contribution in [-0.4, -0.2) is 11.4 Å². The maximum absolute atomic E-state index is 12.4. The Kier molecular flexibility index (Phi) is 3.01. The topological polar surface area (TPSA) is 26.3 Å². The van der Waals surface area contributed by atoms with E-state index in [1.165, 1.54) is 0 Å². The first-order valence-electron chi connectivity index (χ1n) is 6.91. The summed E-state index contributed by atoms with van der Waals surface area (Å²) in [5.74, 6) is 0.987. The molecule has 0 bridgehead atoms. The molecule has 19 heavy (non-hydrogen) atoms. The summed E-state index contributed by atoms with van der Waals surface area (Å²) in [5.41, 5.74) is 0.871. The van der Waals surface area contributed by atoms with Gasteiger partial charge in [-0.15, -0.1) is 0 Å². The summed E-state index contributed by atoms with van der Waals surface area (Å²) in [4.78, 5) is 12.4. The quantitative estimate of drug-likeness (QED) is 0.688. The molecule has 1 aromatic rings. The molecule has 1 spiro atoms. The minimum Gasteiger partial charge on any atom is -0.486 e. The number of halogens is 1.